The van der Waals surface area contributed by atoms with Gasteiger partial charge in [-0.3, -0.25) is 4.79 Å². The highest BCUT2D eigenvalue weighted by molar-refractivity contribution is 5.80. The molecule has 0 radical (unpaired) electrons. The van der Waals surface area contributed by atoms with Gasteiger partial charge in [-0.05, 0) is 45.1 Å². The Kier molecular flexibility index (Phi) is 3.50. The summed E-state index contributed by atoms with van der Waals surface area (Å²) >= 11 is 0. The molecule has 0 saturated heterocycles. The predicted octanol–water partition coefficient (Wildman–Crippen LogP) is 0.0839. The second-order valence-corrected chi connectivity index (χ2v) is 5.37. The summed E-state index contributed by atoms with van der Waals surface area (Å²) in [5.74, 6) is 1.39. The number of likely N-dealkylation sites (N-methyl/N-ethyl adjacent to an activating group) is 1. The van der Waals surface area contributed by atoms with Gasteiger partial charge in [0.1, 0.15) is 0 Å². The zero-order valence-electron chi connectivity index (χ0n) is 10.2. The molecule has 16 heavy (non-hydrogen) atoms. The fourth-order valence-corrected chi connectivity index (χ4v) is 3.20. The zero-order valence-corrected chi connectivity index (χ0v) is 10.2. The minimum atomic E-state index is 0.0720. The van der Waals surface area contributed by atoms with Crippen LogP contribution in [-0.2, 0) is 4.79 Å². The van der Waals surface area contributed by atoms with E-state index in [-0.39, 0.29) is 17.9 Å². The number of hydrogen-bond acceptors (Lipinski definition) is 3. The molecule has 2 aliphatic rings. The molecule has 4 nitrogen and oxygen atoms in total. The van der Waals surface area contributed by atoms with E-state index in [4.69, 9.17) is 5.73 Å². The maximum Gasteiger partial charge on any atom is 0.225 e. The zero-order chi connectivity index (χ0) is 11.7. The highest BCUT2D eigenvalue weighted by Crippen LogP contribution is 2.47. The van der Waals surface area contributed by atoms with Crippen molar-refractivity contribution in [3.05, 3.63) is 0 Å². The van der Waals surface area contributed by atoms with Crippen LogP contribution >= 0.6 is 0 Å². The Morgan fingerprint density at radius 2 is 2.12 bits per heavy atom. The van der Waals surface area contributed by atoms with E-state index in [2.05, 4.69) is 17.6 Å². The van der Waals surface area contributed by atoms with Crippen molar-refractivity contribution in [3.8, 4) is 0 Å². The van der Waals surface area contributed by atoms with E-state index in [1.54, 1.807) is 0 Å². The molecule has 0 heterocycles. The third kappa shape index (κ3) is 2.09. The molecule has 2 bridgehead atoms. The maximum absolute atomic E-state index is 12.0. The molecule has 0 spiro atoms. The quantitative estimate of drug-likeness (QED) is 0.635. The Morgan fingerprint density at radius 3 is 2.69 bits per heavy atom. The lowest BCUT2D eigenvalue weighted by atomic mass is 9.84. The van der Waals surface area contributed by atoms with Gasteiger partial charge >= 0.3 is 0 Å². The average molecular weight is 225 g/mol. The second-order valence-electron chi connectivity index (χ2n) is 5.37. The molecule has 0 aliphatic heterocycles. The summed E-state index contributed by atoms with van der Waals surface area (Å²) in [5.41, 5.74) is 6.13. The fourth-order valence-electron chi connectivity index (χ4n) is 3.20. The number of fused-ring (bicyclic) bond motifs is 2. The molecular weight excluding hydrogens is 202 g/mol. The van der Waals surface area contributed by atoms with Crippen molar-refractivity contribution in [1.82, 2.24) is 10.6 Å². The lowest BCUT2D eigenvalue weighted by molar-refractivity contribution is -0.127. The molecule has 1 amide bonds. The van der Waals surface area contributed by atoms with Crippen LogP contribution in [0.15, 0.2) is 0 Å². The van der Waals surface area contributed by atoms with Crippen LogP contribution in [0.4, 0.5) is 0 Å². The van der Waals surface area contributed by atoms with Gasteiger partial charge in [0, 0.05) is 18.6 Å². The summed E-state index contributed by atoms with van der Waals surface area (Å²) in [4.78, 5) is 12.0. The van der Waals surface area contributed by atoms with Gasteiger partial charge in [0.25, 0.3) is 0 Å². The molecule has 5 atom stereocenters. The van der Waals surface area contributed by atoms with Gasteiger partial charge < -0.3 is 16.4 Å². The summed E-state index contributed by atoms with van der Waals surface area (Å²) in [6.45, 7) is 2.75. The number of hydrogen-bond donors (Lipinski definition) is 3. The van der Waals surface area contributed by atoms with Crippen molar-refractivity contribution in [2.45, 2.75) is 38.3 Å². The van der Waals surface area contributed by atoms with Crippen molar-refractivity contribution < 1.29 is 4.79 Å². The number of carbonyl (C=O) groups is 1. The van der Waals surface area contributed by atoms with E-state index in [9.17, 15) is 4.79 Å². The Bertz CT molecular complexity index is 267. The van der Waals surface area contributed by atoms with Crippen molar-refractivity contribution >= 4 is 5.91 Å². The summed E-state index contributed by atoms with van der Waals surface area (Å²) in [6, 6.07) is 0.419. The van der Waals surface area contributed by atoms with Gasteiger partial charge in [-0.25, -0.2) is 0 Å². The number of amides is 1. The number of rotatable bonds is 4. The van der Waals surface area contributed by atoms with Crippen LogP contribution in [0.5, 0.6) is 0 Å². The summed E-state index contributed by atoms with van der Waals surface area (Å²) in [7, 11) is 1.90. The average Bonchev–Trinajstić information content (AvgIpc) is 2.85. The van der Waals surface area contributed by atoms with Gasteiger partial charge in [0.15, 0.2) is 0 Å². The molecule has 0 aromatic rings. The van der Waals surface area contributed by atoms with Gasteiger partial charge in [0.2, 0.25) is 5.91 Å². The van der Waals surface area contributed by atoms with Crippen molar-refractivity contribution in [3.63, 3.8) is 0 Å². The van der Waals surface area contributed by atoms with E-state index < -0.39 is 0 Å². The highest BCUT2D eigenvalue weighted by atomic mass is 16.1. The Hall–Kier alpha value is -0.610. The lowest BCUT2D eigenvalue weighted by Crippen LogP contribution is -2.47. The van der Waals surface area contributed by atoms with Crippen LogP contribution in [0.2, 0.25) is 0 Å². The molecule has 0 aromatic carbocycles. The van der Waals surface area contributed by atoms with E-state index in [0.29, 0.717) is 24.4 Å². The van der Waals surface area contributed by atoms with Crippen molar-refractivity contribution in [1.29, 1.82) is 0 Å². The van der Waals surface area contributed by atoms with Crippen molar-refractivity contribution in [2.24, 2.45) is 23.5 Å². The topological polar surface area (TPSA) is 67.1 Å². The normalized spacial score (nSPS) is 38.7. The van der Waals surface area contributed by atoms with Crippen LogP contribution < -0.4 is 16.4 Å². The first-order valence-electron chi connectivity index (χ1n) is 6.34. The highest BCUT2D eigenvalue weighted by Gasteiger charge is 2.48. The molecule has 92 valence electrons. The van der Waals surface area contributed by atoms with Gasteiger partial charge in [0.05, 0.1) is 5.92 Å². The smallest absolute Gasteiger partial charge is 0.225 e. The molecule has 4 N–H and O–H groups in total. The van der Waals surface area contributed by atoms with E-state index in [1.807, 2.05) is 7.05 Å². The van der Waals surface area contributed by atoms with Crippen LogP contribution in [0.1, 0.15) is 26.2 Å². The first-order chi connectivity index (χ1) is 7.63. The molecule has 2 aliphatic carbocycles. The summed E-state index contributed by atoms with van der Waals surface area (Å²) < 4.78 is 0. The first kappa shape index (κ1) is 11.9. The first-order valence-corrected chi connectivity index (χ1v) is 6.34. The van der Waals surface area contributed by atoms with Crippen LogP contribution in [0.25, 0.3) is 0 Å². The minimum absolute atomic E-state index is 0.0720. The van der Waals surface area contributed by atoms with Crippen molar-refractivity contribution in [2.75, 3.05) is 13.6 Å². The molecule has 5 unspecified atom stereocenters. The second kappa shape index (κ2) is 4.72. The van der Waals surface area contributed by atoms with Gasteiger partial charge in [-0.1, -0.05) is 0 Å². The SMILES string of the molecule is CNC(C)CNC(=O)C1C2CCC(C2)C1N. The predicted molar refractivity (Wildman–Crippen MR) is 63.8 cm³/mol. The summed E-state index contributed by atoms with van der Waals surface area (Å²) in [5, 5.41) is 6.12. The Labute approximate surface area is 97.3 Å². The standard InChI is InChI=1S/C12H23N3O/c1-7(14-2)6-15-12(16)10-8-3-4-9(5-8)11(10)13/h7-11,14H,3-6,13H2,1-2H3,(H,15,16). The van der Waals surface area contributed by atoms with Crippen LogP contribution in [0, 0.1) is 17.8 Å². The van der Waals surface area contributed by atoms with E-state index in [0.717, 1.165) is 0 Å². The minimum Gasteiger partial charge on any atom is -0.354 e. The summed E-state index contributed by atoms with van der Waals surface area (Å²) in [6.07, 6.45) is 3.58. The number of nitrogens with one attached hydrogen (secondary N) is 2. The Balaban J connectivity index is 1.86. The maximum atomic E-state index is 12.0. The molecule has 2 rings (SSSR count). The molecule has 4 heteroatoms. The molecular formula is C12H23N3O. The lowest BCUT2D eigenvalue weighted by Gasteiger charge is -2.27. The molecule has 0 aromatic heterocycles. The van der Waals surface area contributed by atoms with Crippen LogP contribution in [0.3, 0.4) is 0 Å². The van der Waals surface area contributed by atoms with Gasteiger partial charge in [-0.2, -0.15) is 0 Å². The van der Waals surface area contributed by atoms with Gasteiger partial charge in [-0.15, -0.1) is 0 Å². The number of nitrogens with two attached hydrogens (primary N) is 1. The number of carbonyl (C=O) groups excluding carboxylic acids is 1. The largest absolute Gasteiger partial charge is 0.354 e. The molecule has 2 saturated carbocycles. The monoisotopic (exact) mass is 225 g/mol. The third-order valence-electron chi connectivity index (χ3n) is 4.36. The third-order valence-corrected chi connectivity index (χ3v) is 4.36. The molecule has 2 fully saturated rings. The van der Waals surface area contributed by atoms with Crippen LogP contribution in [-0.4, -0.2) is 31.6 Å². The fraction of sp³-hybridized carbons (Fsp3) is 0.917. The van der Waals surface area contributed by atoms with E-state index >= 15 is 0 Å². The Morgan fingerprint density at radius 1 is 1.44 bits per heavy atom. The van der Waals surface area contributed by atoms with E-state index in [1.165, 1.54) is 19.3 Å².